The van der Waals surface area contributed by atoms with E-state index in [-0.39, 0.29) is 11.3 Å². The van der Waals surface area contributed by atoms with Crippen LogP contribution in [0.5, 0.6) is 0 Å². The molecular formula is C12H12N2O5. The van der Waals surface area contributed by atoms with Crippen LogP contribution in [0.1, 0.15) is 23.2 Å². The van der Waals surface area contributed by atoms with Gasteiger partial charge >= 0.3 is 5.97 Å². The summed E-state index contributed by atoms with van der Waals surface area (Å²) in [6.45, 7) is 0.396. The molecule has 1 atom stereocenters. The maximum absolute atomic E-state index is 12.1. The maximum Gasteiger partial charge on any atom is 0.326 e. The van der Waals surface area contributed by atoms with Crippen LogP contribution in [0, 0.1) is 10.1 Å². The molecule has 0 saturated carbocycles. The summed E-state index contributed by atoms with van der Waals surface area (Å²) >= 11 is 0. The Labute approximate surface area is 108 Å². The van der Waals surface area contributed by atoms with Crippen molar-refractivity contribution in [2.45, 2.75) is 18.9 Å². The fourth-order valence-electron chi connectivity index (χ4n) is 2.16. The number of nitro groups is 1. The number of nitro benzene ring substituents is 1. The number of likely N-dealkylation sites (tertiary alicyclic amines) is 1. The van der Waals surface area contributed by atoms with Crippen molar-refractivity contribution in [1.29, 1.82) is 0 Å². The Hall–Kier alpha value is -2.44. The van der Waals surface area contributed by atoms with Gasteiger partial charge in [-0.3, -0.25) is 14.9 Å². The number of carboxylic acids is 1. The predicted octanol–water partition coefficient (Wildman–Crippen LogP) is 1.28. The summed E-state index contributed by atoms with van der Waals surface area (Å²) in [7, 11) is 0. The van der Waals surface area contributed by atoms with E-state index in [1.165, 1.54) is 29.2 Å². The molecule has 0 aliphatic carbocycles. The number of amides is 1. The Morgan fingerprint density at radius 1 is 1.32 bits per heavy atom. The number of benzene rings is 1. The van der Waals surface area contributed by atoms with E-state index in [0.717, 1.165) is 0 Å². The number of nitrogens with zero attached hydrogens (tertiary/aromatic N) is 2. The molecule has 7 heteroatoms. The Balaban J connectivity index is 2.19. The molecule has 1 N–H and O–H groups in total. The first-order valence-corrected chi connectivity index (χ1v) is 5.79. The van der Waals surface area contributed by atoms with Crippen molar-refractivity contribution in [3.05, 3.63) is 39.9 Å². The van der Waals surface area contributed by atoms with Gasteiger partial charge in [0.1, 0.15) is 6.04 Å². The summed E-state index contributed by atoms with van der Waals surface area (Å²) < 4.78 is 0. The average molecular weight is 264 g/mol. The van der Waals surface area contributed by atoms with Crippen LogP contribution >= 0.6 is 0 Å². The van der Waals surface area contributed by atoms with Gasteiger partial charge in [0.25, 0.3) is 11.6 Å². The van der Waals surface area contributed by atoms with Gasteiger partial charge in [-0.15, -0.1) is 0 Å². The lowest BCUT2D eigenvalue weighted by Gasteiger charge is -2.21. The Bertz CT molecular complexity index is 525. The molecule has 1 unspecified atom stereocenters. The van der Waals surface area contributed by atoms with E-state index in [1.807, 2.05) is 0 Å². The van der Waals surface area contributed by atoms with Crippen molar-refractivity contribution >= 4 is 17.6 Å². The summed E-state index contributed by atoms with van der Waals surface area (Å²) in [5.41, 5.74) is 0.159. The lowest BCUT2D eigenvalue weighted by Crippen LogP contribution is -2.40. The molecule has 1 aliphatic heterocycles. The fourth-order valence-corrected chi connectivity index (χ4v) is 2.16. The molecule has 7 nitrogen and oxygen atoms in total. The van der Waals surface area contributed by atoms with Crippen molar-refractivity contribution in [1.82, 2.24) is 4.90 Å². The molecule has 1 fully saturated rings. The molecule has 1 aromatic carbocycles. The van der Waals surface area contributed by atoms with E-state index >= 15 is 0 Å². The topological polar surface area (TPSA) is 101 Å². The zero-order valence-electron chi connectivity index (χ0n) is 9.98. The molecule has 1 saturated heterocycles. The minimum atomic E-state index is -1.02. The van der Waals surface area contributed by atoms with Gasteiger partial charge < -0.3 is 10.0 Å². The van der Waals surface area contributed by atoms with Gasteiger partial charge in [-0.25, -0.2) is 4.79 Å². The van der Waals surface area contributed by atoms with Crippen LogP contribution in [0.25, 0.3) is 0 Å². The SMILES string of the molecule is O=C(O)C1CCCN1C(=O)c1ccc([N+](=O)[O-])cc1. The molecule has 19 heavy (non-hydrogen) atoms. The predicted molar refractivity (Wildman–Crippen MR) is 64.8 cm³/mol. The van der Waals surface area contributed by atoms with Crippen LogP contribution in [0.2, 0.25) is 0 Å². The number of aliphatic carboxylic acids is 1. The van der Waals surface area contributed by atoms with Crippen molar-refractivity contribution in [2.24, 2.45) is 0 Å². The highest BCUT2D eigenvalue weighted by molar-refractivity contribution is 5.97. The van der Waals surface area contributed by atoms with Gasteiger partial charge in [0.05, 0.1) is 4.92 Å². The summed E-state index contributed by atoms with van der Waals surface area (Å²) in [6, 6.07) is 4.36. The molecule has 0 spiro atoms. The standard InChI is InChI=1S/C12H12N2O5/c15-11(13-7-1-2-10(13)12(16)17)8-3-5-9(6-4-8)14(18)19/h3-6,10H,1-2,7H2,(H,16,17). The van der Waals surface area contributed by atoms with Gasteiger partial charge in [-0.05, 0) is 25.0 Å². The van der Waals surface area contributed by atoms with Crippen molar-refractivity contribution in [3.63, 3.8) is 0 Å². The fraction of sp³-hybridized carbons (Fsp3) is 0.333. The first-order chi connectivity index (χ1) is 9.00. The van der Waals surface area contributed by atoms with Crippen molar-refractivity contribution in [3.8, 4) is 0 Å². The zero-order valence-corrected chi connectivity index (χ0v) is 9.98. The average Bonchev–Trinajstić information content (AvgIpc) is 2.87. The minimum Gasteiger partial charge on any atom is -0.480 e. The second-order valence-electron chi connectivity index (χ2n) is 4.30. The lowest BCUT2D eigenvalue weighted by molar-refractivity contribution is -0.384. The Kier molecular flexibility index (Phi) is 3.46. The Morgan fingerprint density at radius 2 is 1.95 bits per heavy atom. The van der Waals surface area contributed by atoms with Crippen LogP contribution < -0.4 is 0 Å². The van der Waals surface area contributed by atoms with Crippen molar-refractivity contribution < 1.29 is 19.6 Å². The number of hydrogen-bond acceptors (Lipinski definition) is 4. The highest BCUT2D eigenvalue weighted by Crippen LogP contribution is 2.21. The van der Waals surface area contributed by atoms with Gasteiger partial charge in [-0.2, -0.15) is 0 Å². The van der Waals surface area contributed by atoms with Crippen LogP contribution in [0.3, 0.4) is 0 Å². The maximum atomic E-state index is 12.1. The van der Waals surface area contributed by atoms with E-state index in [0.29, 0.717) is 19.4 Å². The van der Waals surface area contributed by atoms with Crippen LogP contribution in [0.15, 0.2) is 24.3 Å². The van der Waals surface area contributed by atoms with Crippen LogP contribution in [-0.4, -0.2) is 39.4 Å². The monoisotopic (exact) mass is 264 g/mol. The first kappa shape index (κ1) is 13.0. The zero-order chi connectivity index (χ0) is 14.0. The molecule has 0 bridgehead atoms. The summed E-state index contributed by atoms with van der Waals surface area (Å²) in [5.74, 6) is -1.42. The van der Waals surface area contributed by atoms with Gasteiger partial charge in [0, 0.05) is 24.2 Å². The van der Waals surface area contributed by atoms with Crippen LogP contribution in [-0.2, 0) is 4.79 Å². The molecule has 1 heterocycles. The summed E-state index contributed by atoms with van der Waals surface area (Å²) in [6.07, 6.45) is 1.09. The van der Waals surface area contributed by atoms with Gasteiger partial charge in [0.15, 0.2) is 0 Å². The molecule has 0 radical (unpaired) electrons. The van der Waals surface area contributed by atoms with Crippen LogP contribution in [0.4, 0.5) is 5.69 Å². The highest BCUT2D eigenvalue weighted by atomic mass is 16.6. The second-order valence-corrected chi connectivity index (χ2v) is 4.30. The number of carbonyl (C=O) groups is 2. The molecule has 1 aliphatic rings. The number of rotatable bonds is 3. The van der Waals surface area contributed by atoms with E-state index in [4.69, 9.17) is 5.11 Å². The van der Waals surface area contributed by atoms with Gasteiger partial charge in [0.2, 0.25) is 0 Å². The first-order valence-electron chi connectivity index (χ1n) is 5.79. The van der Waals surface area contributed by atoms with E-state index in [2.05, 4.69) is 0 Å². The largest absolute Gasteiger partial charge is 0.480 e. The lowest BCUT2D eigenvalue weighted by atomic mass is 10.1. The smallest absolute Gasteiger partial charge is 0.326 e. The van der Waals surface area contributed by atoms with Crippen molar-refractivity contribution in [2.75, 3.05) is 6.54 Å². The molecule has 0 aromatic heterocycles. The molecule has 2 rings (SSSR count). The number of hydrogen-bond donors (Lipinski definition) is 1. The highest BCUT2D eigenvalue weighted by Gasteiger charge is 2.34. The number of non-ortho nitro benzene ring substituents is 1. The molecule has 100 valence electrons. The third kappa shape index (κ3) is 2.54. The minimum absolute atomic E-state index is 0.104. The second kappa shape index (κ2) is 5.05. The summed E-state index contributed by atoms with van der Waals surface area (Å²) in [5, 5.41) is 19.5. The molecule has 1 amide bonds. The Morgan fingerprint density at radius 3 is 2.47 bits per heavy atom. The summed E-state index contributed by atoms with van der Waals surface area (Å²) in [4.78, 5) is 34.4. The molecule has 1 aromatic rings. The normalized spacial score (nSPS) is 18.3. The quantitative estimate of drug-likeness (QED) is 0.654. The van der Waals surface area contributed by atoms with Gasteiger partial charge in [-0.1, -0.05) is 0 Å². The van der Waals surface area contributed by atoms with E-state index < -0.39 is 22.8 Å². The van der Waals surface area contributed by atoms with E-state index in [1.54, 1.807) is 0 Å². The van der Waals surface area contributed by atoms with E-state index in [9.17, 15) is 19.7 Å². The third-order valence-electron chi connectivity index (χ3n) is 3.12. The third-order valence-corrected chi connectivity index (χ3v) is 3.12. The molecular weight excluding hydrogens is 252 g/mol. The number of carbonyl (C=O) groups excluding carboxylic acids is 1. The number of carboxylic acid groups (broad SMARTS) is 1.